The molecule has 0 bridgehead atoms. The molecule has 0 amide bonds. The van der Waals surface area contributed by atoms with Crippen molar-refractivity contribution >= 4 is 15.9 Å². The van der Waals surface area contributed by atoms with Crippen LogP contribution in [0.15, 0.2) is 12.1 Å². The van der Waals surface area contributed by atoms with Crippen molar-refractivity contribution in [2.24, 2.45) is 5.92 Å². The fourth-order valence-electron chi connectivity index (χ4n) is 2.56. The van der Waals surface area contributed by atoms with Gasteiger partial charge >= 0.3 is 0 Å². The molecule has 1 saturated heterocycles. The number of hydrogen-bond donors (Lipinski definition) is 0. The summed E-state index contributed by atoms with van der Waals surface area (Å²) in [6.45, 7) is 5.17. The third-order valence-electron chi connectivity index (χ3n) is 3.80. The molecule has 2 rings (SSSR count). The molecule has 0 aromatic heterocycles. The van der Waals surface area contributed by atoms with Crippen LogP contribution in [-0.4, -0.2) is 26.9 Å². The highest BCUT2D eigenvalue weighted by Gasteiger charge is 2.32. The molecule has 0 radical (unpaired) electrons. The minimum Gasteiger partial charge on any atom is -0.493 e. The molecular weight excluding hydrogens is 308 g/mol. The number of benzene rings is 1. The van der Waals surface area contributed by atoms with Crippen LogP contribution in [0.5, 0.6) is 11.5 Å². The first-order valence-corrected chi connectivity index (χ1v) is 7.48. The van der Waals surface area contributed by atoms with Gasteiger partial charge in [0, 0.05) is 6.61 Å². The van der Waals surface area contributed by atoms with Gasteiger partial charge in [-0.1, -0.05) is 22.9 Å². The van der Waals surface area contributed by atoms with Crippen molar-refractivity contribution in [1.29, 1.82) is 0 Å². The topological polar surface area (TPSA) is 27.7 Å². The highest BCUT2D eigenvalue weighted by atomic mass is 79.9. The number of halogens is 1. The maximum absolute atomic E-state index is 5.85. The molecular formula is C15H21BrO3. The summed E-state index contributed by atoms with van der Waals surface area (Å²) in [4.78, 5) is 0.185. The smallest absolute Gasteiger partial charge is 0.161 e. The van der Waals surface area contributed by atoms with Gasteiger partial charge in [0.25, 0.3) is 0 Å². The van der Waals surface area contributed by atoms with Gasteiger partial charge in [0.2, 0.25) is 0 Å². The van der Waals surface area contributed by atoms with Crippen LogP contribution in [0.25, 0.3) is 0 Å². The predicted molar refractivity (Wildman–Crippen MR) is 79.5 cm³/mol. The van der Waals surface area contributed by atoms with Gasteiger partial charge in [0.05, 0.1) is 25.2 Å². The summed E-state index contributed by atoms with van der Waals surface area (Å²) in [6.07, 6.45) is 1.34. The lowest BCUT2D eigenvalue weighted by molar-refractivity contribution is 0.0933. The van der Waals surface area contributed by atoms with E-state index in [1.807, 2.05) is 12.1 Å². The van der Waals surface area contributed by atoms with Crippen molar-refractivity contribution in [1.82, 2.24) is 0 Å². The van der Waals surface area contributed by atoms with Crippen molar-refractivity contribution in [3.8, 4) is 11.5 Å². The Morgan fingerprint density at radius 1 is 1.26 bits per heavy atom. The Morgan fingerprint density at radius 3 is 2.42 bits per heavy atom. The molecule has 0 aliphatic carbocycles. The summed E-state index contributed by atoms with van der Waals surface area (Å²) in [6, 6.07) is 4.06. The lowest BCUT2D eigenvalue weighted by atomic mass is 9.94. The SMILES string of the molecule is COc1cc(C)c(C(Br)C2OCCC2C)cc1OC. The van der Waals surface area contributed by atoms with E-state index in [4.69, 9.17) is 14.2 Å². The second kappa shape index (κ2) is 6.14. The third kappa shape index (κ3) is 2.90. The van der Waals surface area contributed by atoms with E-state index < -0.39 is 0 Å². The van der Waals surface area contributed by atoms with Crippen LogP contribution in [0.4, 0.5) is 0 Å². The minimum atomic E-state index is 0.185. The molecule has 1 aromatic rings. The van der Waals surface area contributed by atoms with Crippen molar-refractivity contribution in [2.75, 3.05) is 20.8 Å². The van der Waals surface area contributed by atoms with E-state index >= 15 is 0 Å². The standard InChI is InChI=1S/C15H21BrO3/c1-9-5-6-19-15(9)14(16)11-8-13(18-4)12(17-3)7-10(11)2/h7-9,14-15H,5-6H2,1-4H3. The van der Waals surface area contributed by atoms with Gasteiger partial charge in [-0.15, -0.1) is 0 Å². The van der Waals surface area contributed by atoms with Crippen LogP contribution in [-0.2, 0) is 4.74 Å². The van der Waals surface area contributed by atoms with E-state index in [1.54, 1.807) is 14.2 Å². The molecule has 3 unspecified atom stereocenters. The molecule has 3 atom stereocenters. The van der Waals surface area contributed by atoms with Crippen LogP contribution in [0.3, 0.4) is 0 Å². The summed E-state index contributed by atoms with van der Waals surface area (Å²) < 4.78 is 16.6. The van der Waals surface area contributed by atoms with Crippen LogP contribution in [0.1, 0.15) is 29.3 Å². The molecule has 4 heteroatoms. The van der Waals surface area contributed by atoms with Crippen LogP contribution in [0, 0.1) is 12.8 Å². The fourth-order valence-corrected chi connectivity index (χ4v) is 3.73. The Kier molecular flexibility index (Phi) is 4.74. The van der Waals surface area contributed by atoms with Crippen molar-refractivity contribution in [3.05, 3.63) is 23.3 Å². The van der Waals surface area contributed by atoms with E-state index in [9.17, 15) is 0 Å². The fraction of sp³-hybridized carbons (Fsp3) is 0.600. The molecule has 1 fully saturated rings. The highest BCUT2D eigenvalue weighted by Crippen LogP contribution is 2.41. The van der Waals surface area contributed by atoms with Crippen LogP contribution in [0.2, 0.25) is 0 Å². The van der Waals surface area contributed by atoms with Crippen molar-refractivity contribution in [3.63, 3.8) is 0 Å². The quantitative estimate of drug-likeness (QED) is 0.785. The summed E-state index contributed by atoms with van der Waals surface area (Å²) in [5, 5.41) is 0. The number of aryl methyl sites for hydroxylation is 1. The average Bonchev–Trinajstić information content (AvgIpc) is 2.83. The van der Waals surface area contributed by atoms with Gasteiger partial charge in [0.15, 0.2) is 11.5 Å². The van der Waals surface area contributed by atoms with E-state index in [0.29, 0.717) is 5.92 Å². The number of hydrogen-bond acceptors (Lipinski definition) is 3. The lowest BCUT2D eigenvalue weighted by Gasteiger charge is -2.24. The summed E-state index contributed by atoms with van der Waals surface area (Å²) >= 11 is 3.79. The Bertz CT molecular complexity index is 447. The monoisotopic (exact) mass is 328 g/mol. The molecule has 1 heterocycles. The Balaban J connectivity index is 2.33. The van der Waals surface area contributed by atoms with Gasteiger partial charge in [-0.3, -0.25) is 0 Å². The predicted octanol–water partition coefficient (Wildman–Crippen LogP) is 3.87. The van der Waals surface area contributed by atoms with Crippen LogP contribution < -0.4 is 9.47 Å². The second-order valence-corrected chi connectivity index (χ2v) is 6.05. The van der Waals surface area contributed by atoms with E-state index in [1.165, 1.54) is 11.1 Å². The average molecular weight is 329 g/mol. The zero-order chi connectivity index (χ0) is 14.0. The van der Waals surface area contributed by atoms with Gasteiger partial charge in [0.1, 0.15) is 0 Å². The number of rotatable bonds is 4. The van der Waals surface area contributed by atoms with Crippen LogP contribution >= 0.6 is 15.9 Å². The minimum absolute atomic E-state index is 0.185. The number of ether oxygens (including phenoxy) is 3. The second-order valence-electron chi connectivity index (χ2n) is 5.07. The Morgan fingerprint density at radius 2 is 1.89 bits per heavy atom. The maximum Gasteiger partial charge on any atom is 0.161 e. The largest absolute Gasteiger partial charge is 0.493 e. The first kappa shape index (κ1) is 14.7. The van der Waals surface area contributed by atoms with Gasteiger partial charge in [-0.2, -0.15) is 0 Å². The molecule has 0 saturated carbocycles. The molecule has 0 N–H and O–H groups in total. The number of methoxy groups -OCH3 is 2. The molecule has 1 aliphatic heterocycles. The maximum atomic E-state index is 5.85. The molecule has 1 aromatic carbocycles. The zero-order valence-corrected chi connectivity index (χ0v) is 13.5. The first-order chi connectivity index (χ1) is 9.08. The normalized spacial score (nSPS) is 24.3. The molecule has 3 nitrogen and oxygen atoms in total. The third-order valence-corrected chi connectivity index (χ3v) is 4.82. The molecule has 106 valence electrons. The van der Waals surface area contributed by atoms with E-state index in [-0.39, 0.29) is 10.9 Å². The van der Waals surface area contributed by atoms with Gasteiger partial charge in [-0.25, -0.2) is 0 Å². The van der Waals surface area contributed by atoms with Gasteiger partial charge in [-0.05, 0) is 42.5 Å². The summed E-state index contributed by atoms with van der Waals surface area (Å²) in [5.74, 6) is 2.10. The van der Waals surface area contributed by atoms with Crippen molar-refractivity contribution < 1.29 is 14.2 Å². The molecule has 1 aliphatic rings. The summed E-state index contributed by atoms with van der Waals surface area (Å²) in [5.41, 5.74) is 2.39. The van der Waals surface area contributed by atoms with Gasteiger partial charge < -0.3 is 14.2 Å². The lowest BCUT2D eigenvalue weighted by Crippen LogP contribution is -2.20. The summed E-state index contributed by atoms with van der Waals surface area (Å²) in [7, 11) is 3.32. The van der Waals surface area contributed by atoms with Crippen molar-refractivity contribution in [2.45, 2.75) is 31.2 Å². The van der Waals surface area contributed by atoms with E-state index in [2.05, 4.69) is 29.8 Å². The Labute approximate surface area is 123 Å². The Hall–Kier alpha value is -0.740. The zero-order valence-electron chi connectivity index (χ0n) is 11.9. The molecule has 19 heavy (non-hydrogen) atoms. The van der Waals surface area contributed by atoms with E-state index in [0.717, 1.165) is 24.5 Å². The first-order valence-electron chi connectivity index (χ1n) is 6.56. The number of alkyl halides is 1. The highest BCUT2D eigenvalue weighted by molar-refractivity contribution is 9.09. The molecule has 0 spiro atoms.